The Morgan fingerprint density at radius 1 is 1.10 bits per heavy atom. The van der Waals surface area contributed by atoms with Gasteiger partial charge in [0.1, 0.15) is 5.76 Å². The molecule has 5 rings (SSSR count). The summed E-state index contributed by atoms with van der Waals surface area (Å²) in [5, 5.41) is 3.00. The number of hydrogen-bond donors (Lipinski definition) is 1. The standard InChI is InChI=1S/C23H24N2O4/c1-15-12-19(16(2)25(15)14-18-6-5-11-27-18)22(26)24-17-7-8-20-21(13-17)29-23(28-20)9-3-4-10-23/h5-8,11-13H,3-4,9-10,14H2,1-2H3,(H,24,26). The fraction of sp³-hybridized carbons (Fsp3) is 0.348. The van der Waals surface area contributed by atoms with Gasteiger partial charge in [-0.2, -0.15) is 0 Å². The van der Waals surface area contributed by atoms with Crippen LogP contribution in [-0.2, 0) is 6.54 Å². The summed E-state index contributed by atoms with van der Waals surface area (Å²) in [6, 6.07) is 11.3. The molecule has 1 spiro atoms. The molecule has 0 atom stereocenters. The maximum absolute atomic E-state index is 12.9. The number of aromatic nitrogens is 1. The summed E-state index contributed by atoms with van der Waals surface area (Å²) >= 11 is 0. The molecule has 150 valence electrons. The van der Waals surface area contributed by atoms with Gasteiger partial charge in [0.05, 0.1) is 18.4 Å². The molecule has 2 aromatic heterocycles. The second kappa shape index (κ2) is 6.72. The van der Waals surface area contributed by atoms with Crippen LogP contribution >= 0.6 is 0 Å². The zero-order chi connectivity index (χ0) is 20.0. The Morgan fingerprint density at radius 3 is 2.66 bits per heavy atom. The number of rotatable bonds is 4. The van der Waals surface area contributed by atoms with Gasteiger partial charge < -0.3 is 23.8 Å². The fourth-order valence-electron chi connectivity index (χ4n) is 4.32. The SMILES string of the molecule is Cc1cc(C(=O)Nc2ccc3c(c2)OC2(CCCC2)O3)c(C)n1Cc1ccco1. The molecule has 2 aliphatic rings. The third kappa shape index (κ3) is 3.18. The zero-order valence-electron chi connectivity index (χ0n) is 16.7. The molecule has 1 saturated carbocycles. The van der Waals surface area contributed by atoms with Crippen LogP contribution in [0.5, 0.6) is 11.5 Å². The number of furan rings is 1. The number of fused-ring (bicyclic) bond motifs is 1. The lowest BCUT2D eigenvalue weighted by molar-refractivity contribution is -0.0716. The Balaban J connectivity index is 1.34. The van der Waals surface area contributed by atoms with E-state index in [1.807, 2.05) is 50.2 Å². The summed E-state index contributed by atoms with van der Waals surface area (Å²) in [5.74, 6) is 1.67. The monoisotopic (exact) mass is 392 g/mol. The molecule has 3 aromatic rings. The van der Waals surface area contributed by atoms with Gasteiger partial charge in [-0.3, -0.25) is 4.79 Å². The van der Waals surface area contributed by atoms with E-state index in [1.165, 1.54) is 0 Å². The quantitative estimate of drug-likeness (QED) is 0.675. The van der Waals surface area contributed by atoms with Gasteiger partial charge in [-0.05, 0) is 57.0 Å². The zero-order valence-corrected chi connectivity index (χ0v) is 16.7. The van der Waals surface area contributed by atoms with Gasteiger partial charge in [0.2, 0.25) is 0 Å². The Morgan fingerprint density at radius 2 is 1.90 bits per heavy atom. The van der Waals surface area contributed by atoms with Crippen LogP contribution in [0.15, 0.2) is 47.1 Å². The van der Waals surface area contributed by atoms with E-state index < -0.39 is 5.79 Å². The number of ether oxygens (including phenoxy) is 2. The lowest BCUT2D eigenvalue weighted by Crippen LogP contribution is -2.34. The van der Waals surface area contributed by atoms with Gasteiger partial charge >= 0.3 is 0 Å². The van der Waals surface area contributed by atoms with Crippen LogP contribution in [0, 0.1) is 13.8 Å². The van der Waals surface area contributed by atoms with E-state index in [-0.39, 0.29) is 5.91 Å². The van der Waals surface area contributed by atoms with Crippen molar-refractivity contribution in [3.8, 4) is 11.5 Å². The Labute approximate surface area is 169 Å². The average molecular weight is 392 g/mol. The first-order valence-corrected chi connectivity index (χ1v) is 10.1. The van der Waals surface area contributed by atoms with Gasteiger partial charge in [-0.25, -0.2) is 0 Å². The number of nitrogens with zero attached hydrogens (tertiary/aromatic N) is 1. The Bertz CT molecular complexity index is 1060. The molecule has 1 fully saturated rings. The first-order valence-electron chi connectivity index (χ1n) is 10.1. The van der Waals surface area contributed by atoms with Crippen LogP contribution in [0.3, 0.4) is 0 Å². The van der Waals surface area contributed by atoms with Gasteiger partial charge in [0.25, 0.3) is 11.7 Å². The Hall–Kier alpha value is -3.15. The highest BCUT2D eigenvalue weighted by atomic mass is 16.7. The first kappa shape index (κ1) is 17.9. The Kier molecular flexibility index (Phi) is 4.15. The van der Waals surface area contributed by atoms with Gasteiger partial charge in [0, 0.05) is 36.0 Å². The van der Waals surface area contributed by atoms with Crippen molar-refractivity contribution in [2.24, 2.45) is 0 Å². The molecular formula is C23H24N2O4. The number of benzene rings is 1. The first-order chi connectivity index (χ1) is 14.0. The number of anilines is 1. The molecule has 1 aliphatic heterocycles. The largest absolute Gasteiger partial charge is 0.467 e. The minimum atomic E-state index is -0.498. The topological polar surface area (TPSA) is 65.6 Å². The van der Waals surface area contributed by atoms with E-state index in [2.05, 4.69) is 9.88 Å². The lowest BCUT2D eigenvalue weighted by Gasteiger charge is -2.21. The van der Waals surface area contributed by atoms with E-state index in [0.717, 1.165) is 48.6 Å². The van der Waals surface area contributed by atoms with E-state index in [0.29, 0.717) is 23.5 Å². The summed E-state index contributed by atoms with van der Waals surface area (Å²) < 4.78 is 19.7. The van der Waals surface area contributed by atoms with Crippen molar-refractivity contribution >= 4 is 11.6 Å². The van der Waals surface area contributed by atoms with Crippen molar-refractivity contribution in [2.45, 2.75) is 51.9 Å². The number of aryl methyl sites for hydroxylation is 1. The van der Waals surface area contributed by atoms with Gasteiger partial charge in [-0.1, -0.05) is 0 Å². The number of carbonyl (C=O) groups is 1. The molecule has 6 nitrogen and oxygen atoms in total. The molecule has 6 heteroatoms. The third-order valence-corrected chi connectivity index (χ3v) is 5.87. The van der Waals surface area contributed by atoms with Crippen molar-refractivity contribution in [3.05, 3.63) is 65.4 Å². The molecule has 0 radical (unpaired) electrons. The van der Waals surface area contributed by atoms with Crippen molar-refractivity contribution in [1.29, 1.82) is 0 Å². The maximum atomic E-state index is 12.9. The van der Waals surface area contributed by atoms with Crippen LogP contribution in [0.4, 0.5) is 5.69 Å². The average Bonchev–Trinajstić information content (AvgIpc) is 3.47. The molecule has 0 saturated heterocycles. The van der Waals surface area contributed by atoms with E-state index in [4.69, 9.17) is 13.9 Å². The highest BCUT2D eigenvalue weighted by Gasteiger charge is 2.44. The lowest BCUT2D eigenvalue weighted by atomic mass is 10.2. The molecule has 0 bridgehead atoms. The summed E-state index contributed by atoms with van der Waals surface area (Å²) in [4.78, 5) is 12.9. The highest BCUT2D eigenvalue weighted by molar-refractivity contribution is 6.05. The van der Waals surface area contributed by atoms with Crippen LogP contribution < -0.4 is 14.8 Å². The smallest absolute Gasteiger partial charge is 0.257 e. The summed E-state index contributed by atoms with van der Waals surface area (Å²) in [7, 11) is 0. The van der Waals surface area contributed by atoms with Crippen molar-refractivity contribution in [1.82, 2.24) is 4.57 Å². The molecule has 29 heavy (non-hydrogen) atoms. The van der Waals surface area contributed by atoms with Crippen molar-refractivity contribution < 1.29 is 18.7 Å². The summed E-state index contributed by atoms with van der Waals surface area (Å²) in [5.41, 5.74) is 3.27. The second-order valence-electron chi connectivity index (χ2n) is 7.89. The van der Waals surface area contributed by atoms with Crippen LogP contribution in [0.25, 0.3) is 0 Å². The van der Waals surface area contributed by atoms with Crippen LogP contribution in [-0.4, -0.2) is 16.3 Å². The molecule has 3 heterocycles. The molecular weight excluding hydrogens is 368 g/mol. The number of hydrogen-bond acceptors (Lipinski definition) is 4. The third-order valence-electron chi connectivity index (χ3n) is 5.87. The highest BCUT2D eigenvalue weighted by Crippen LogP contribution is 2.47. The molecule has 1 amide bonds. The van der Waals surface area contributed by atoms with Crippen molar-refractivity contribution in [2.75, 3.05) is 5.32 Å². The number of carbonyl (C=O) groups excluding carboxylic acids is 1. The van der Waals surface area contributed by atoms with Crippen LogP contribution in [0.1, 0.15) is 53.2 Å². The second-order valence-corrected chi connectivity index (χ2v) is 7.89. The molecule has 0 unspecified atom stereocenters. The maximum Gasteiger partial charge on any atom is 0.257 e. The predicted molar refractivity (Wildman–Crippen MR) is 109 cm³/mol. The minimum Gasteiger partial charge on any atom is -0.467 e. The molecule has 1 aliphatic carbocycles. The van der Waals surface area contributed by atoms with E-state index in [1.54, 1.807) is 6.26 Å². The number of amides is 1. The molecule has 1 N–H and O–H groups in total. The van der Waals surface area contributed by atoms with Crippen LogP contribution in [0.2, 0.25) is 0 Å². The van der Waals surface area contributed by atoms with E-state index >= 15 is 0 Å². The predicted octanol–water partition coefficient (Wildman–Crippen LogP) is 5.04. The van der Waals surface area contributed by atoms with Gasteiger partial charge in [0.15, 0.2) is 11.5 Å². The molecule has 1 aromatic carbocycles. The summed E-state index contributed by atoms with van der Waals surface area (Å²) in [6.07, 6.45) is 5.71. The normalized spacial score (nSPS) is 16.5. The van der Waals surface area contributed by atoms with Crippen molar-refractivity contribution in [3.63, 3.8) is 0 Å². The fourth-order valence-corrected chi connectivity index (χ4v) is 4.32. The number of nitrogens with one attached hydrogen (secondary N) is 1. The summed E-state index contributed by atoms with van der Waals surface area (Å²) in [6.45, 7) is 4.55. The minimum absolute atomic E-state index is 0.141. The van der Waals surface area contributed by atoms with E-state index in [9.17, 15) is 4.79 Å². The van der Waals surface area contributed by atoms with Gasteiger partial charge in [-0.15, -0.1) is 0 Å².